The topological polar surface area (TPSA) is 454 Å². The average Bonchev–Trinajstić information content (AvgIpc) is 1.08. The fraction of sp³-hybridized carbons (Fsp3) is 0.508. The molecule has 0 saturated carbocycles. The first-order valence-electron chi connectivity index (χ1n) is 30.3. The highest BCUT2D eigenvalue weighted by Gasteiger charge is 2.50. The lowest BCUT2D eigenvalue weighted by molar-refractivity contribution is -0.641. The third-order valence-electron chi connectivity index (χ3n) is 15.5. The molecule has 1 aromatic heterocycles. The molecule has 9 atom stereocenters. The van der Waals surface area contributed by atoms with E-state index in [2.05, 4.69) is 31.2 Å². The van der Waals surface area contributed by atoms with Crippen LogP contribution < -0.4 is 36.6 Å². The van der Waals surface area contributed by atoms with Crippen LogP contribution in [0.15, 0.2) is 85.3 Å². The SMILES string of the molecule is CC[C@H](C)[C@H](NC(=O)[C@H](Cc1ccc(OCc2ccccc2)cc1)NC(=O)[C@H](C(C)C)N(C(=O)[C@H](CCCNC(=N)N)NC(=O)OC(C)(C)C)[N+](=O)[O-])C(=O)N(c1cccc([N+](=O)[O-])c1[N+](=O)[O-])[C@@H](Cc1c[nH]cn1)C(=O)N1CCC[C@H]1C(=O)N(C)[C@H](C(=O)OC)[C@@H](C)O. The largest absolute Gasteiger partial charge is 0.489 e. The standard InChI is InChI=1S/C61H83N15O18/c1-11-36(4)48(57(83)72(44-21-15-22-45(74(86)87)51(44)75(88)89)47(31-40-32-64-34-66-40)56(82)71-29-17-23-46(71)55(81)70(9)50(37(5)77)58(84)92-10)69-52(78)43(30-38-24-26-41(27-25-38)93-33-39-18-13-12-14-19-39)67-53(79)49(35(2)3)73(76(90)91)54(80)42(20-16-28-65-59(62)63)68-60(85)94-61(6,7)8/h12-15,18-19,21-22,24-27,32,34-37,42-43,46-50,77H,11,16-17,20,23,28-31,33H2,1-10H3,(H,64,66)(H,67,79)(H,68,85)(H,69,78)(H4,62,63,65)/t36-,37+,42-,43-,46-,47-,48-,49-,50-/m0/s1. The molecule has 3 aromatic carbocycles. The predicted molar refractivity (Wildman–Crippen MR) is 337 cm³/mol. The summed E-state index contributed by atoms with van der Waals surface area (Å²) in [4.78, 5) is 164. The number of H-pyrrole nitrogens is 1. The van der Waals surface area contributed by atoms with Crippen molar-refractivity contribution in [3.63, 3.8) is 0 Å². The molecule has 1 aliphatic rings. The molecule has 4 aromatic rings. The van der Waals surface area contributed by atoms with Crippen LogP contribution in [0.5, 0.6) is 5.75 Å². The van der Waals surface area contributed by atoms with Crippen LogP contribution in [-0.2, 0) is 62.5 Å². The van der Waals surface area contributed by atoms with Crippen molar-refractivity contribution in [2.75, 3.05) is 32.1 Å². The van der Waals surface area contributed by atoms with Gasteiger partial charge in [0.05, 0.1) is 35.1 Å². The molecule has 0 spiro atoms. The molecule has 1 saturated heterocycles. The lowest BCUT2D eigenvalue weighted by atomic mass is 9.94. The summed E-state index contributed by atoms with van der Waals surface area (Å²) in [7, 11) is 2.25. The molecule has 5 rings (SSSR count). The minimum absolute atomic E-state index is 0.00608. The summed E-state index contributed by atoms with van der Waals surface area (Å²) in [6.45, 7) is 11.6. The molecule has 0 unspecified atom stereocenters. The minimum atomic E-state index is -2.06. The number of guanidine groups is 1. The fourth-order valence-corrected chi connectivity index (χ4v) is 10.7. The molecular weight excluding hydrogens is 1230 g/mol. The summed E-state index contributed by atoms with van der Waals surface area (Å²) in [6, 6.07) is 5.75. The lowest BCUT2D eigenvalue weighted by Gasteiger charge is -2.38. The van der Waals surface area contributed by atoms with Gasteiger partial charge >= 0.3 is 29.3 Å². The number of carbonyl (C=O) groups is 8. The number of likely N-dealkylation sites (N-methyl/N-ethyl adjacent to an activating group) is 1. The zero-order valence-electron chi connectivity index (χ0n) is 54.0. The lowest BCUT2D eigenvalue weighted by Crippen LogP contribution is -2.64. The Kier molecular flexibility index (Phi) is 26.8. The number of nitrogens with one attached hydrogen (secondary N) is 6. The maximum atomic E-state index is 16.2. The number of nitro groups is 3. The number of hydrogen-bond donors (Lipinski definition) is 8. The van der Waals surface area contributed by atoms with Gasteiger partial charge in [-0.3, -0.25) is 59.3 Å². The van der Waals surface area contributed by atoms with Crippen LogP contribution in [0.1, 0.15) is 104 Å². The number of para-hydroxylation sites is 1. The van der Waals surface area contributed by atoms with Gasteiger partial charge < -0.3 is 61.1 Å². The van der Waals surface area contributed by atoms with E-state index in [0.29, 0.717) is 16.2 Å². The Balaban J connectivity index is 1.69. The first-order chi connectivity index (χ1) is 44.3. The van der Waals surface area contributed by atoms with E-state index in [1.165, 1.54) is 68.0 Å². The zero-order chi connectivity index (χ0) is 69.9. The maximum Gasteiger partial charge on any atom is 0.408 e. The number of methoxy groups -OCH3 is 1. The van der Waals surface area contributed by atoms with Crippen LogP contribution >= 0.6 is 0 Å². The van der Waals surface area contributed by atoms with E-state index in [0.717, 1.165) is 40.7 Å². The van der Waals surface area contributed by atoms with Gasteiger partial charge in [-0.1, -0.05) is 82.6 Å². The van der Waals surface area contributed by atoms with Crippen molar-refractivity contribution in [3.05, 3.63) is 132 Å². The number of carbonyl (C=O) groups excluding carboxylic acids is 8. The van der Waals surface area contributed by atoms with E-state index in [1.807, 2.05) is 30.3 Å². The molecule has 510 valence electrons. The van der Waals surface area contributed by atoms with Gasteiger partial charge in [0.1, 0.15) is 53.9 Å². The number of benzene rings is 3. The van der Waals surface area contributed by atoms with Crippen molar-refractivity contribution in [1.29, 1.82) is 5.41 Å². The number of nitrogens with zero attached hydrogens (tertiary/aromatic N) is 8. The van der Waals surface area contributed by atoms with Gasteiger partial charge in [-0.05, 0) is 99.5 Å². The molecule has 0 bridgehead atoms. The number of hydrogen-bond acceptors (Lipinski definition) is 20. The zero-order valence-corrected chi connectivity index (χ0v) is 54.0. The van der Waals surface area contributed by atoms with E-state index in [-0.39, 0.29) is 62.5 Å². The number of likely N-dealkylation sites (tertiary alicyclic amines) is 1. The van der Waals surface area contributed by atoms with Crippen molar-refractivity contribution in [2.45, 2.75) is 161 Å². The molecule has 33 heteroatoms. The third kappa shape index (κ3) is 19.8. The van der Waals surface area contributed by atoms with Gasteiger partial charge in [-0.2, -0.15) is 0 Å². The molecule has 1 aliphatic heterocycles. The highest BCUT2D eigenvalue weighted by molar-refractivity contribution is 6.08. The number of anilines is 1. The summed E-state index contributed by atoms with van der Waals surface area (Å²) in [6.07, 6.45) is -1.27. The number of esters is 1. The minimum Gasteiger partial charge on any atom is -0.489 e. The molecule has 2 heterocycles. The van der Waals surface area contributed by atoms with Crippen LogP contribution in [-0.4, -0.2) is 179 Å². The van der Waals surface area contributed by atoms with Crippen LogP contribution in [0, 0.1) is 47.6 Å². The van der Waals surface area contributed by atoms with Crippen molar-refractivity contribution < 1.29 is 72.6 Å². The second-order valence-corrected chi connectivity index (χ2v) is 23.8. The Morgan fingerprint density at radius 2 is 1.52 bits per heavy atom. The van der Waals surface area contributed by atoms with Gasteiger partial charge in [0, 0.05) is 45.2 Å². The van der Waals surface area contributed by atoms with Gasteiger partial charge in [0.15, 0.2) is 23.1 Å². The number of rotatable bonds is 32. The van der Waals surface area contributed by atoms with Gasteiger partial charge in [0.25, 0.3) is 5.91 Å². The van der Waals surface area contributed by atoms with Gasteiger partial charge in [-0.15, -0.1) is 0 Å². The monoisotopic (exact) mass is 1310 g/mol. The number of aliphatic hydroxyl groups is 1. The van der Waals surface area contributed by atoms with Crippen LogP contribution in [0.2, 0.25) is 0 Å². The number of aliphatic hydroxyl groups excluding tert-OH is 1. The Morgan fingerprint density at radius 3 is 2.07 bits per heavy atom. The Hall–Kier alpha value is -10.3. The van der Waals surface area contributed by atoms with Crippen LogP contribution in [0.3, 0.4) is 0 Å². The van der Waals surface area contributed by atoms with E-state index in [1.54, 1.807) is 31.2 Å². The van der Waals surface area contributed by atoms with Crippen molar-refractivity contribution in [2.24, 2.45) is 17.6 Å². The van der Waals surface area contributed by atoms with E-state index >= 15 is 19.2 Å². The smallest absolute Gasteiger partial charge is 0.408 e. The Bertz CT molecular complexity index is 3350. The summed E-state index contributed by atoms with van der Waals surface area (Å²) in [5.41, 5.74) is 2.38. The number of hydrazine groups is 1. The summed E-state index contributed by atoms with van der Waals surface area (Å²) < 4.78 is 16.2. The number of nitrogens with two attached hydrogens (primary N) is 1. The van der Waals surface area contributed by atoms with Crippen molar-refractivity contribution >= 4 is 70.5 Å². The highest BCUT2D eigenvalue weighted by atomic mass is 16.7. The third-order valence-corrected chi connectivity index (χ3v) is 15.5. The molecular formula is C61H83N15O18. The number of ether oxygens (including phenoxy) is 3. The molecule has 0 radical (unpaired) electrons. The normalized spacial score (nSPS) is 15.4. The number of aromatic nitrogens is 2. The second kappa shape index (κ2) is 33.8. The quantitative estimate of drug-likeness (QED) is 0.00865. The van der Waals surface area contributed by atoms with E-state index in [9.17, 15) is 54.6 Å². The highest BCUT2D eigenvalue weighted by Crippen LogP contribution is 2.40. The van der Waals surface area contributed by atoms with Gasteiger partial charge in [0.2, 0.25) is 23.6 Å². The second-order valence-electron chi connectivity index (χ2n) is 23.8. The fourth-order valence-electron chi connectivity index (χ4n) is 10.7. The molecule has 9 N–H and O–H groups in total. The number of imidazole rings is 1. The predicted octanol–water partition coefficient (Wildman–Crippen LogP) is 3.58. The van der Waals surface area contributed by atoms with Crippen LogP contribution in [0.4, 0.5) is 21.9 Å². The maximum absolute atomic E-state index is 16.2. The molecule has 94 heavy (non-hydrogen) atoms. The first-order valence-corrected chi connectivity index (χ1v) is 30.3. The number of alkyl carbamates (subject to hydrolysis) is 1. The number of amides is 7. The Labute approximate surface area is 541 Å². The number of aromatic amines is 1. The van der Waals surface area contributed by atoms with Crippen molar-refractivity contribution in [3.8, 4) is 5.75 Å². The molecule has 33 nitrogen and oxygen atoms in total. The van der Waals surface area contributed by atoms with Crippen molar-refractivity contribution in [1.82, 2.24) is 46.0 Å². The molecule has 0 aliphatic carbocycles. The van der Waals surface area contributed by atoms with E-state index < -0.39 is 164 Å². The molecule has 7 amide bonds. The summed E-state index contributed by atoms with van der Waals surface area (Å²) in [5, 5.41) is 66.3. The summed E-state index contributed by atoms with van der Waals surface area (Å²) >= 11 is 0. The van der Waals surface area contributed by atoms with E-state index in [4.69, 9.17) is 25.4 Å². The number of nitro benzene ring substituents is 2. The molecule has 1 fully saturated rings. The Morgan fingerprint density at radius 1 is 0.851 bits per heavy atom. The average molecular weight is 1310 g/mol. The van der Waals surface area contributed by atoms with Crippen LogP contribution in [0.25, 0.3) is 0 Å². The first kappa shape index (κ1) is 74.4. The summed E-state index contributed by atoms with van der Waals surface area (Å²) in [5.74, 6) is -10.2. The van der Waals surface area contributed by atoms with Gasteiger partial charge in [-0.25, -0.2) is 24.7 Å².